The summed E-state index contributed by atoms with van der Waals surface area (Å²) in [7, 11) is 0. The van der Waals surface area contributed by atoms with Crippen LogP contribution in [0, 0.1) is 0 Å². The predicted molar refractivity (Wildman–Crippen MR) is 117 cm³/mol. The van der Waals surface area contributed by atoms with Crippen molar-refractivity contribution in [2.75, 3.05) is 5.43 Å². The number of halogens is 2. The van der Waals surface area contributed by atoms with E-state index in [-0.39, 0.29) is 0 Å². The van der Waals surface area contributed by atoms with Gasteiger partial charge in [0.2, 0.25) is 0 Å². The van der Waals surface area contributed by atoms with Crippen molar-refractivity contribution in [1.29, 1.82) is 0 Å². The first-order valence-corrected chi connectivity index (χ1v) is 9.45. The Morgan fingerprint density at radius 1 is 0.893 bits per heavy atom. The second-order valence-corrected chi connectivity index (χ2v) is 7.06. The van der Waals surface area contributed by atoms with E-state index in [4.69, 9.17) is 23.2 Å². The summed E-state index contributed by atoms with van der Waals surface area (Å²) in [6.45, 7) is 1.95. The fraction of sp³-hybridized carbons (Fsp3) is 0.0455. The molecule has 0 aliphatic heterocycles. The van der Waals surface area contributed by atoms with Gasteiger partial charge in [-0.1, -0.05) is 65.7 Å². The molecule has 28 heavy (non-hydrogen) atoms. The molecule has 1 N–H and O–H groups in total. The van der Waals surface area contributed by atoms with Crippen molar-refractivity contribution in [3.05, 3.63) is 88.4 Å². The van der Waals surface area contributed by atoms with Crippen molar-refractivity contribution in [2.45, 2.75) is 6.92 Å². The summed E-state index contributed by atoms with van der Waals surface area (Å²) in [4.78, 5) is 9.33. The number of para-hydroxylation sites is 1. The van der Waals surface area contributed by atoms with E-state index in [1.807, 2.05) is 67.6 Å². The second kappa shape index (κ2) is 7.97. The number of hydrazone groups is 1. The molecule has 0 aliphatic rings. The highest BCUT2D eigenvalue weighted by molar-refractivity contribution is 6.36. The number of nitrogens with one attached hydrogen (secondary N) is 1. The zero-order valence-electron chi connectivity index (χ0n) is 15.0. The summed E-state index contributed by atoms with van der Waals surface area (Å²) in [6.07, 6.45) is 0. The van der Waals surface area contributed by atoms with Crippen molar-refractivity contribution in [2.24, 2.45) is 5.10 Å². The number of hydrogen-bond acceptors (Lipinski definition) is 4. The molecule has 138 valence electrons. The Morgan fingerprint density at radius 3 is 2.43 bits per heavy atom. The maximum atomic E-state index is 6.36. The fourth-order valence-electron chi connectivity index (χ4n) is 2.83. The van der Waals surface area contributed by atoms with Crippen LogP contribution in [-0.2, 0) is 0 Å². The number of anilines is 1. The smallest absolute Gasteiger partial charge is 0.163 e. The van der Waals surface area contributed by atoms with Gasteiger partial charge in [-0.2, -0.15) is 5.10 Å². The minimum Gasteiger partial charge on any atom is -0.260 e. The highest BCUT2D eigenvalue weighted by atomic mass is 35.5. The third-order valence-corrected chi connectivity index (χ3v) is 4.84. The van der Waals surface area contributed by atoms with Crippen LogP contribution in [0.25, 0.3) is 22.3 Å². The summed E-state index contributed by atoms with van der Waals surface area (Å²) < 4.78 is 0. The SMILES string of the molecule is CC(=NNc1nc(-c2ccc(Cl)cc2Cl)nc2ccccc12)c1ccccc1. The molecule has 0 amide bonds. The van der Waals surface area contributed by atoms with Gasteiger partial charge in [0.25, 0.3) is 0 Å². The van der Waals surface area contributed by atoms with Crippen LogP contribution in [0.5, 0.6) is 0 Å². The standard InChI is InChI=1S/C22H16Cl2N4/c1-14(15-7-3-2-4-8-15)27-28-22-18-9-5-6-10-20(18)25-21(26-22)17-12-11-16(23)13-19(17)24/h2-13H,1H3,(H,25,26,28). The molecule has 4 aromatic rings. The lowest BCUT2D eigenvalue weighted by Crippen LogP contribution is -2.03. The number of nitrogens with zero attached hydrogens (tertiary/aromatic N) is 3. The molecule has 0 fully saturated rings. The average Bonchev–Trinajstić information content (AvgIpc) is 2.72. The van der Waals surface area contributed by atoms with Crippen LogP contribution < -0.4 is 5.43 Å². The van der Waals surface area contributed by atoms with Gasteiger partial charge in [0.15, 0.2) is 11.6 Å². The van der Waals surface area contributed by atoms with Crippen molar-refractivity contribution in [3.8, 4) is 11.4 Å². The lowest BCUT2D eigenvalue weighted by Gasteiger charge is -2.10. The number of rotatable bonds is 4. The lowest BCUT2D eigenvalue weighted by molar-refractivity contribution is 1.18. The van der Waals surface area contributed by atoms with Crippen molar-refractivity contribution >= 4 is 45.6 Å². The monoisotopic (exact) mass is 406 g/mol. The zero-order chi connectivity index (χ0) is 19.5. The van der Waals surface area contributed by atoms with Gasteiger partial charge < -0.3 is 0 Å². The number of hydrogen-bond donors (Lipinski definition) is 1. The van der Waals surface area contributed by atoms with Crippen LogP contribution in [0.1, 0.15) is 12.5 Å². The molecule has 3 aromatic carbocycles. The van der Waals surface area contributed by atoms with E-state index < -0.39 is 0 Å². The predicted octanol–water partition coefficient (Wildman–Crippen LogP) is 6.44. The molecule has 0 saturated carbocycles. The van der Waals surface area contributed by atoms with E-state index >= 15 is 0 Å². The molecule has 0 aliphatic carbocycles. The molecule has 6 heteroatoms. The third kappa shape index (κ3) is 3.84. The van der Waals surface area contributed by atoms with Gasteiger partial charge in [0.1, 0.15) is 0 Å². The Bertz CT molecular complexity index is 1170. The van der Waals surface area contributed by atoms with Crippen molar-refractivity contribution in [3.63, 3.8) is 0 Å². The van der Waals surface area contributed by atoms with E-state index in [2.05, 4.69) is 20.5 Å². The third-order valence-electron chi connectivity index (χ3n) is 4.30. The summed E-state index contributed by atoms with van der Waals surface area (Å²) in [6, 6.07) is 23.0. The topological polar surface area (TPSA) is 50.2 Å². The molecule has 4 nitrogen and oxygen atoms in total. The number of aromatic nitrogens is 2. The van der Waals surface area contributed by atoms with Gasteiger partial charge in [0.05, 0.1) is 16.3 Å². The maximum absolute atomic E-state index is 6.36. The highest BCUT2D eigenvalue weighted by Gasteiger charge is 2.12. The highest BCUT2D eigenvalue weighted by Crippen LogP contribution is 2.31. The van der Waals surface area contributed by atoms with E-state index in [1.165, 1.54) is 0 Å². The quantitative estimate of drug-likeness (QED) is 0.313. The van der Waals surface area contributed by atoms with Crippen molar-refractivity contribution < 1.29 is 0 Å². The number of benzene rings is 3. The van der Waals surface area contributed by atoms with Crippen LogP contribution >= 0.6 is 23.2 Å². The normalized spacial score (nSPS) is 11.6. The van der Waals surface area contributed by atoms with Crippen LogP contribution in [-0.4, -0.2) is 15.7 Å². The Morgan fingerprint density at radius 2 is 1.64 bits per heavy atom. The first-order chi connectivity index (χ1) is 13.6. The summed E-state index contributed by atoms with van der Waals surface area (Å²) in [5.41, 5.74) is 6.50. The largest absolute Gasteiger partial charge is 0.260 e. The molecule has 0 saturated heterocycles. The van der Waals surface area contributed by atoms with Gasteiger partial charge in [-0.15, -0.1) is 0 Å². The zero-order valence-corrected chi connectivity index (χ0v) is 16.5. The van der Waals surface area contributed by atoms with Crippen LogP contribution in [0.3, 0.4) is 0 Å². The van der Waals surface area contributed by atoms with Crippen LogP contribution in [0.2, 0.25) is 10.0 Å². The Labute approximate surface area is 172 Å². The minimum absolute atomic E-state index is 0.498. The summed E-state index contributed by atoms with van der Waals surface area (Å²) >= 11 is 12.4. The minimum atomic E-state index is 0.498. The molecular formula is C22H16Cl2N4. The average molecular weight is 407 g/mol. The number of fused-ring (bicyclic) bond motifs is 1. The van der Waals surface area contributed by atoms with Gasteiger partial charge in [-0.05, 0) is 42.8 Å². The molecular weight excluding hydrogens is 391 g/mol. The van der Waals surface area contributed by atoms with Crippen LogP contribution in [0.4, 0.5) is 5.82 Å². The molecule has 0 bridgehead atoms. The van der Waals surface area contributed by atoms with Gasteiger partial charge >= 0.3 is 0 Å². The Balaban J connectivity index is 1.79. The van der Waals surface area contributed by atoms with E-state index in [0.29, 0.717) is 27.3 Å². The summed E-state index contributed by atoms with van der Waals surface area (Å²) in [5.74, 6) is 1.12. The molecule has 0 radical (unpaired) electrons. The second-order valence-electron chi connectivity index (χ2n) is 6.21. The Hall–Kier alpha value is -2.95. The lowest BCUT2D eigenvalue weighted by atomic mass is 10.1. The molecule has 0 atom stereocenters. The molecule has 1 heterocycles. The van der Waals surface area contributed by atoms with Gasteiger partial charge in [-0.25, -0.2) is 9.97 Å². The summed E-state index contributed by atoms with van der Waals surface area (Å²) in [5, 5.41) is 6.45. The molecule has 0 spiro atoms. The Kier molecular flexibility index (Phi) is 5.24. The van der Waals surface area contributed by atoms with E-state index in [9.17, 15) is 0 Å². The van der Waals surface area contributed by atoms with Gasteiger partial charge in [-0.3, -0.25) is 5.43 Å². The van der Waals surface area contributed by atoms with Crippen molar-refractivity contribution in [1.82, 2.24) is 9.97 Å². The first-order valence-electron chi connectivity index (χ1n) is 8.70. The molecule has 1 aromatic heterocycles. The maximum Gasteiger partial charge on any atom is 0.163 e. The first kappa shape index (κ1) is 18.4. The van der Waals surface area contributed by atoms with Gasteiger partial charge in [0, 0.05) is 16.0 Å². The van der Waals surface area contributed by atoms with E-state index in [0.717, 1.165) is 22.2 Å². The van der Waals surface area contributed by atoms with Crippen LogP contribution in [0.15, 0.2) is 77.9 Å². The molecule has 4 rings (SSSR count). The van der Waals surface area contributed by atoms with E-state index in [1.54, 1.807) is 12.1 Å². The molecule has 0 unspecified atom stereocenters. The fourth-order valence-corrected chi connectivity index (χ4v) is 3.33.